The Kier molecular flexibility index (Phi) is 6.12. The number of nitrogens with one attached hydrogen (secondary N) is 1. The third-order valence-electron chi connectivity index (χ3n) is 4.20. The molecule has 1 N–H and O–H groups in total. The third-order valence-corrected chi connectivity index (χ3v) is 4.96. The van der Waals surface area contributed by atoms with E-state index in [9.17, 15) is 4.79 Å². The first-order valence-corrected chi connectivity index (χ1v) is 9.56. The molecule has 0 radical (unpaired) electrons. The SMILES string of the molecule is Cc1ccc([C@@H](CC(=O)c2ccc(Br)cc2)Nc2cccc(Cl)c2)cc1. The molecule has 0 aliphatic carbocycles. The number of halogens is 2. The molecule has 0 amide bonds. The van der Waals surface area contributed by atoms with Crippen molar-refractivity contribution in [2.24, 2.45) is 0 Å². The highest BCUT2D eigenvalue weighted by Crippen LogP contribution is 2.26. The molecule has 0 spiro atoms. The summed E-state index contributed by atoms with van der Waals surface area (Å²) in [6.07, 6.45) is 0.358. The van der Waals surface area contributed by atoms with Gasteiger partial charge in [-0.2, -0.15) is 0 Å². The number of carbonyl (C=O) groups excluding carboxylic acids is 1. The highest BCUT2D eigenvalue weighted by Gasteiger charge is 2.17. The summed E-state index contributed by atoms with van der Waals surface area (Å²) in [5.74, 6) is 0.0950. The van der Waals surface area contributed by atoms with Crippen molar-refractivity contribution >= 4 is 39.0 Å². The van der Waals surface area contributed by atoms with Crippen molar-refractivity contribution in [2.45, 2.75) is 19.4 Å². The number of aryl methyl sites for hydroxylation is 1. The van der Waals surface area contributed by atoms with Gasteiger partial charge in [0.1, 0.15) is 0 Å². The Morgan fingerprint density at radius 1 is 1.04 bits per heavy atom. The standard InChI is InChI=1S/C22H19BrClNO/c1-15-5-7-16(8-6-15)21(25-20-4-2-3-19(24)13-20)14-22(26)17-9-11-18(23)12-10-17/h2-13,21,25H,14H2,1H3/t21-/m1/s1. The molecule has 0 fully saturated rings. The first-order chi connectivity index (χ1) is 12.5. The first kappa shape index (κ1) is 18.7. The van der Waals surface area contributed by atoms with Crippen LogP contribution in [0, 0.1) is 6.92 Å². The van der Waals surface area contributed by atoms with Crippen molar-refractivity contribution in [2.75, 3.05) is 5.32 Å². The van der Waals surface area contributed by atoms with E-state index in [0.29, 0.717) is 17.0 Å². The number of ketones is 1. The van der Waals surface area contributed by atoms with Crippen molar-refractivity contribution in [1.29, 1.82) is 0 Å². The van der Waals surface area contributed by atoms with Crippen LogP contribution in [0.15, 0.2) is 77.3 Å². The topological polar surface area (TPSA) is 29.1 Å². The highest BCUT2D eigenvalue weighted by atomic mass is 79.9. The molecule has 2 nitrogen and oxygen atoms in total. The molecule has 3 aromatic carbocycles. The number of benzene rings is 3. The molecule has 26 heavy (non-hydrogen) atoms. The van der Waals surface area contributed by atoms with Crippen molar-refractivity contribution < 1.29 is 4.79 Å². The van der Waals surface area contributed by atoms with Gasteiger partial charge < -0.3 is 5.32 Å². The fourth-order valence-corrected chi connectivity index (χ4v) is 3.22. The summed E-state index contributed by atoms with van der Waals surface area (Å²) in [5.41, 5.74) is 3.86. The molecule has 0 saturated heterocycles. The van der Waals surface area contributed by atoms with E-state index in [1.807, 2.05) is 48.5 Å². The minimum Gasteiger partial charge on any atom is -0.378 e. The van der Waals surface area contributed by atoms with Gasteiger partial charge in [-0.05, 0) is 42.8 Å². The average Bonchev–Trinajstić information content (AvgIpc) is 2.62. The fraction of sp³-hybridized carbons (Fsp3) is 0.136. The minimum absolute atomic E-state index is 0.0950. The number of hydrogen-bond donors (Lipinski definition) is 1. The Bertz CT molecular complexity index is 891. The van der Waals surface area contributed by atoms with E-state index in [-0.39, 0.29) is 11.8 Å². The summed E-state index contributed by atoms with van der Waals surface area (Å²) in [6.45, 7) is 2.05. The van der Waals surface area contributed by atoms with Crippen LogP contribution in [0.2, 0.25) is 5.02 Å². The summed E-state index contributed by atoms with van der Waals surface area (Å²) < 4.78 is 0.959. The van der Waals surface area contributed by atoms with Crippen molar-refractivity contribution in [3.63, 3.8) is 0 Å². The maximum absolute atomic E-state index is 12.8. The summed E-state index contributed by atoms with van der Waals surface area (Å²) in [5, 5.41) is 4.12. The van der Waals surface area contributed by atoms with E-state index in [2.05, 4.69) is 52.4 Å². The molecule has 3 rings (SSSR count). The van der Waals surface area contributed by atoms with Crippen LogP contribution in [-0.4, -0.2) is 5.78 Å². The predicted octanol–water partition coefficient (Wildman–Crippen LogP) is 6.84. The quantitative estimate of drug-likeness (QED) is 0.436. The van der Waals surface area contributed by atoms with Gasteiger partial charge >= 0.3 is 0 Å². The van der Waals surface area contributed by atoms with Crippen LogP contribution < -0.4 is 5.32 Å². The second-order valence-electron chi connectivity index (χ2n) is 6.25. The normalized spacial score (nSPS) is 11.8. The highest BCUT2D eigenvalue weighted by molar-refractivity contribution is 9.10. The van der Waals surface area contributed by atoms with Gasteiger partial charge in [-0.3, -0.25) is 4.79 Å². The molecule has 4 heteroatoms. The maximum Gasteiger partial charge on any atom is 0.165 e. The van der Waals surface area contributed by atoms with E-state index in [4.69, 9.17) is 11.6 Å². The second kappa shape index (κ2) is 8.52. The van der Waals surface area contributed by atoms with E-state index in [1.54, 1.807) is 0 Å². The molecule has 0 unspecified atom stereocenters. The first-order valence-electron chi connectivity index (χ1n) is 8.39. The Balaban J connectivity index is 1.85. The zero-order valence-corrected chi connectivity index (χ0v) is 16.7. The van der Waals surface area contributed by atoms with E-state index in [1.165, 1.54) is 5.56 Å². The third kappa shape index (κ3) is 4.96. The molecule has 132 valence electrons. The Hall–Kier alpha value is -2.10. The second-order valence-corrected chi connectivity index (χ2v) is 7.60. The van der Waals surface area contributed by atoms with Crippen LogP contribution in [0.3, 0.4) is 0 Å². The smallest absolute Gasteiger partial charge is 0.165 e. The summed E-state index contributed by atoms with van der Waals surface area (Å²) in [7, 11) is 0. The molecule has 0 aliphatic rings. The van der Waals surface area contributed by atoms with Crippen LogP contribution in [0.5, 0.6) is 0 Å². The Morgan fingerprint density at radius 3 is 2.38 bits per heavy atom. The van der Waals surface area contributed by atoms with Gasteiger partial charge in [-0.25, -0.2) is 0 Å². The Labute approximate surface area is 167 Å². The van der Waals surface area contributed by atoms with Gasteiger partial charge in [0, 0.05) is 27.2 Å². The van der Waals surface area contributed by atoms with Crippen LogP contribution in [-0.2, 0) is 0 Å². The number of hydrogen-bond acceptors (Lipinski definition) is 2. The van der Waals surface area contributed by atoms with E-state index >= 15 is 0 Å². The van der Waals surface area contributed by atoms with Gasteiger partial charge in [0.25, 0.3) is 0 Å². The van der Waals surface area contributed by atoms with Gasteiger partial charge in [-0.15, -0.1) is 0 Å². The lowest BCUT2D eigenvalue weighted by atomic mass is 9.97. The van der Waals surface area contributed by atoms with Gasteiger partial charge in [-0.1, -0.05) is 75.6 Å². The van der Waals surface area contributed by atoms with Gasteiger partial charge in [0.05, 0.1) is 6.04 Å². The lowest BCUT2D eigenvalue weighted by Crippen LogP contribution is -2.16. The monoisotopic (exact) mass is 427 g/mol. The number of anilines is 1. The lowest BCUT2D eigenvalue weighted by Gasteiger charge is -2.20. The molecule has 1 atom stereocenters. The van der Waals surface area contributed by atoms with Crippen molar-refractivity contribution in [1.82, 2.24) is 0 Å². The largest absolute Gasteiger partial charge is 0.378 e. The van der Waals surface area contributed by atoms with Crippen molar-refractivity contribution in [3.05, 3.63) is 99.0 Å². The van der Waals surface area contributed by atoms with Gasteiger partial charge in [0.15, 0.2) is 5.78 Å². The molecular formula is C22H19BrClNO. The fourth-order valence-electron chi connectivity index (χ4n) is 2.77. The summed E-state index contributed by atoms with van der Waals surface area (Å²) >= 11 is 9.50. The summed E-state index contributed by atoms with van der Waals surface area (Å²) in [4.78, 5) is 12.8. The molecule has 0 aromatic heterocycles. The molecular weight excluding hydrogens is 410 g/mol. The Morgan fingerprint density at radius 2 is 1.73 bits per heavy atom. The zero-order valence-electron chi connectivity index (χ0n) is 14.4. The number of Topliss-reactive ketones (excluding diaryl/α,β-unsaturated/α-hetero) is 1. The average molecular weight is 429 g/mol. The molecule has 0 bridgehead atoms. The molecule has 3 aromatic rings. The zero-order chi connectivity index (χ0) is 18.5. The number of rotatable bonds is 6. The lowest BCUT2D eigenvalue weighted by molar-refractivity contribution is 0.0976. The summed E-state index contributed by atoms with van der Waals surface area (Å²) in [6, 6.07) is 23.1. The molecule has 0 aliphatic heterocycles. The van der Waals surface area contributed by atoms with Crippen LogP contribution in [0.25, 0.3) is 0 Å². The minimum atomic E-state index is -0.134. The van der Waals surface area contributed by atoms with Gasteiger partial charge in [0.2, 0.25) is 0 Å². The molecule has 0 heterocycles. The number of carbonyl (C=O) groups is 1. The molecule has 0 saturated carbocycles. The van der Waals surface area contributed by atoms with Crippen LogP contribution in [0.4, 0.5) is 5.69 Å². The maximum atomic E-state index is 12.8. The van der Waals surface area contributed by atoms with Crippen LogP contribution >= 0.6 is 27.5 Å². The van der Waals surface area contributed by atoms with E-state index in [0.717, 1.165) is 15.7 Å². The van der Waals surface area contributed by atoms with Crippen molar-refractivity contribution in [3.8, 4) is 0 Å². The van der Waals surface area contributed by atoms with E-state index < -0.39 is 0 Å². The predicted molar refractivity (Wildman–Crippen MR) is 112 cm³/mol. The van der Waals surface area contributed by atoms with Crippen LogP contribution in [0.1, 0.15) is 33.9 Å².